The molecule has 0 spiro atoms. The summed E-state index contributed by atoms with van der Waals surface area (Å²) in [6.45, 7) is 0.0144. The number of halogens is 1. The molecule has 2 aliphatic rings. The fraction of sp³-hybridized carbons (Fsp3) is 0.158. The van der Waals surface area contributed by atoms with Crippen LogP contribution >= 0.6 is 0 Å². The van der Waals surface area contributed by atoms with Crippen molar-refractivity contribution < 1.29 is 18.5 Å². The Bertz CT molecular complexity index is 1130. The van der Waals surface area contributed by atoms with E-state index in [-0.39, 0.29) is 18.1 Å². The number of carbonyl (C=O) groups excluding carboxylic acids is 2. The molecular weight excluding hydrogens is 379 g/mol. The summed E-state index contributed by atoms with van der Waals surface area (Å²) in [6, 6.07) is 12.6. The molecule has 0 saturated carbocycles. The van der Waals surface area contributed by atoms with Crippen molar-refractivity contribution in [1.29, 1.82) is 0 Å². The highest BCUT2D eigenvalue weighted by molar-refractivity contribution is 6.25. The Labute approximate surface area is 163 Å². The van der Waals surface area contributed by atoms with Crippen LogP contribution < -0.4 is 4.90 Å². The van der Waals surface area contributed by atoms with Crippen molar-refractivity contribution in [2.75, 3.05) is 4.90 Å². The second-order valence-electron chi connectivity index (χ2n) is 6.56. The molecule has 10 heteroatoms. The maximum Gasteiger partial charge on any atom is 0.263 e. The second-order valence-corrected chi connectivity index (χ2v) is 6.56. The normalized spacial score (nSPS) is 20.6. The SMILES string of the molecule is O=C1[C@@H]2N=NN(Cc3nc(-c4ccccc4)no3)[C@H]2C(=O)N1c1cccc(F)c1. The summed E-state index contributed by atoms with van der Waals surface area (Å²) < 4.78 is 18.8. The van der Waals surface area contributed by atoms with Gasteiger partial charge in [0, 0.05) is 5.56 Å². The van der Waals surface area contributed by atoms with Gasteiger partial charge in [0.2, 0.25) is 11.7 Å². The Hall–Kier alpha value is -3.95. The largest absolute Gasteiger partial charge is 0.337 e. The number of imide groups is 1. The van der Waals surface area contributed by atoms with Crippen LogP contribution in [0.3, 0.4) is 0 Å². The maximum atomic E-state index is 13.5. The highest BCUT2D eigenvalue weighted by Crippen LogP contribution is 2.33. The summed E-state index contributed by atoms with van der Waals surface area (Å²) in [6.07, 6.45) is 0. The minimum Gasteiger partial charge on any atom is -0.337 e. The molecule has 0 aliphatic carbocycles. The second kappa shape index (κ2) is 6.59. The molecule has 2 aliphatic heterocycles. The number of carbonyl (C=O) groups is 2. The molecule has 0 N–H and O–H groups in total. The van der Waals surface area contributed by atoms with Crippen LogP contribution in [0.25, 0.3) is 11.4 Å². The van der Waals surface area contributed by atoms with Crippen molar-refractivity contribution in [1.82, 2.24) is 15.1 Å². The molecule has 3 aromatic rings. The van der Waals surface area contributed by atoms with E-state index in [1.54, 1.807) is 0 Å². The van der Waals surface area contributed by atoms with Crippen molar-refractivity contribution in [2.45, 2.75) is 18.6 Å². The number of fused-ring (bicyclic) bond motifs is 1. The van der Waals surface area contributed by atoms with Crippen molar-refractivity contribution in [2.24, 2.45) is 10.3 Å². The van der Waals surface area contributed by atoms with Crippen LogP contribution in [0, 0.1) is 5.82 Å². The number of hydrogen-bond acceptors (Lipinski definition) is 8. The fourth-order valence-electron chi connectivity index (χ4n) is 3.39. The van der Waals surface area contributed by atoms with E-state index in [0.29, 0.717) is 5.82 Å². The topological polar surface area (TPSA) is 104 Å². The summed E-state index contributed by atoms with van der Waals surface area (Å²) in [7, 11) is 0. The third-order valence-corrected chi connectivity index (χ3v) is 4.72. The van der Waals surface area contributed by atoms with Crippen LogP contribution in [0.2, 0.25) is 0 Å². The molecule has 0 bridgehead atoms. The molecule has 144 valence electrons. The lowest BCUT2D eigenvalue weighted by atomic mass is 10.1. The van der Waals surface area contributed by atoms with E-state index in [0.717, 1.165) is 16.5 Å². The molecule has 0 unspecified atom stereocenters. The van der Waals surface area contributed by atoms with Crippen LogP contribution in [0.4, 0.5) is 10.1 Å². The fourth-order valence-corrected chi connectivity index (χ4v) is 3.39. The Kier molecular flexibility index (Phi) is 3.90. The van der Waals surface area contributed by atoms with Crippen LogP contribution in [0.15, 0.2) is 69.5 Å². The first-order valence-electron chi connectivity index (χ1n) is 8.80. The van der Waals surface area contributed by atoms with Gasteiger partial charge in [0.15, 0.2) is 12.1 Å². The Morgan fingerprint density at radius 1 is 1.03 bits per heavy atom. The first kappa shape index (κ1) is 17.2. The number of rotatable bonds is 4. The Morgan fingerprint density at radius 3 is 2.66 bits per heavy atom. The minimum atomic E-state index is -0.984. The lowest BCUT2D eigenvalue weighted by molar-refractivity contribution is -0.123. The standard InChI is InChI=1S/C19H13FN6O3/c20-12-7-4-8-13(9-12)26-18(27)15-16(19(26)28)25(24-22-15)10-14-21-17(23-29-14)11-5-2-1-3-6-11/h1-9,15-16H,10H2/t15-,16-/m1/s1. The van der Waals surface area contributed by atoms with E-state index in [1.807, 2.05) is 30.3 Å². The van der Waals surface area contributed by atoms with Gasteiger partial charge in [0.05, 0.1) is 5.69 Å². The zero-order valence-electron chi connectivity index (χ0n) is 14.8. The number of aromatic nitrogens is 2. The molecule has 9 nitrogen and oxygen atoms in total. The van der Waals surface area contributed by atoms with Crippen LogP contribution in [-0.4, -0.2) is 39.0 Å². The van der Waals surface area contributed by atoms with Gasteiger partial charge in [-0.15, -0.1) is 0 Å². The average molecular weight is 392 g/mol. The predicted octanol–water partition coefficient (Wildman–Crippen LogP) is 2.37. The van der Waals surface area contributed by atoms with E-state index in [1.165, 1.54) is 23.2 Å². The average Bonchev–Trinajstić information content (AvgIpc) is 3.41. The van der Waals surface area contributed by atoms with Gasteiger partial charge in [-0.2, -0.15) is 10.1 Å². The molecule has 29 heavy (non-hydrogen) atoms. The molecule has 2 atom stereocenters. The maximum absolute atomic E-state index is 13.5. The highest BCUT2D eigenvalue weighted by atomic mass is 19.1. The monoisotopic (exact) mass is 392 g/mol. The van der Waals surface area contributed by atoms with E-state index in [9.17, 15) is 14.0 Å². The number of anilines is 1. The van der Waals surface area contributed by atoms with Gasteiger partial charge in [-0.05, 0) is 18.2 Å². The number of amides is 2. The molecular formula is C19H13FN6O3. The quantitative estimate of drug-likeness (QED) is 0.632. The van der Waals surface area contributed by atoms with Gasteiger partial charge in [0.25, 0.3) is 11.8 Å². The van der Waals surface area contributed by atoms with Crippen LogP contribution in [0.1, 0.15) is 5.89 Å². The Morgan fingerprint density at radius 2 is 1.86 bits per heavy atom. The van der Waals surface area contributed by atoms with Crippen LogP contribution in [-0.2, 0) is 16.1 Å². The Balaban J connectivity index is 1.38. The van der Waals surface area contributed by atoms with Crippen LogP contribution in [0.5, 0.6) is 0 Å². The van der Waals surface area contributed by atoms with Gasteiger partial charge in [-0.25, -0.2) is 9.29 Å². The van der Waals surface area contributed by atoms with E-state index >= 15 is 0 Å². The van der Waals surface area contributed by atoms with Gasteiger partial charge in [-0.1, -0.05) is 46.8 Å². The summed E-state index contributed by atoms with van der Waals surface area (Å²) in [5.41, 5.74) is 0.946. The smallest absolute Gasteiger partial charge is 0.263 e. The summed E-state index contributed by atoms with van der Waals surface area (Å²) >= 11 is 0. The minimum absolute atomic E-state index is 0.0144. The lowest BCUT2D eigenvalue weighted by Crippen LogP contribution is -2.39. The third-order valence-electron chi connectivity index (χ3n) is 4.72. The number of benzene rings is 2. The summed E-state index contributed by atoms with van der Waals surface area (Å²) in [5.74, 6) is -0.986. The van der Waals surface area contributed by atoms with E-state index in [4.69, 9.17) is 4.52 Å². The van der Waals surface area contributed by atoms with Gasteiger partial charge >= 0.3 is 0 Å². The molecule has 2 aromatic carbocycles. The van der Waals surface area contributed by atoms with E-state index < -0.39 is 29.7 Å². The molecule has 1 fully saturated rings. The zero-order valence-corrected chi connectivity index (χ0v) is 14.8. The van der Waals surface area contributed by atoms with Crippen molar-refractivity contribution in [3.8, 4) is 11.4 Å². The number of nitrogens with zero attached hydrogens (tertiary/aromatic N) is 6. The van der Waals surface area contributed by atoms with E-state index in [2.05, 4.69) is 20.5 Å². The molecule has 5 rings (SSSR count). The van der Waals surface area contributed by atoms with Gasteiger partial charge < -0.3 is 4.52 Å². The zero-order chi connectivity index (χ0) is 20.0. The first-order valence-corrected chi connectivity index (χ1v) is 8.80. The highest BCUT2D eigenvalue weighted by Gasteiger charge is 2.55. The van der Waals surface area contributed by atoms with Crippen molar-refractivity contribution in [3.05, 3.63) is 66.3 Å². The molecule has 0 radical (unpaired) electrons. The molecule has 1 saturated heterocycles. The molecule has 3 heterocycles. The van der Waals surface area contributed by atoms with Crippen molar-refractivity contribution in [3.63, 3.8) is 0 Å². The lowest BCUT2D eigenvalue weighted by Gasteiger charge is -2.19. The van der Waals surface area contributed by atoms with Crippen molar-refractivity contribution >= 4 is 17.5 Å². The summed E-state index contributed by atoms with van der Waals surface area (Å²) in [5, 5.41) is 13.1. The number of hydrogen-bond donors (Lipinski definition) is 0. The molecule has 1 aromatic heterocycles. The predicted molar refractivity (Wildman–Crippen MR) is 96.6 cm³/mol. The third kappa shape index (κ3) is 2.85. The molecule has 2 amide bonds. The first-order chi connectivity index (χ1) is 14.1. The van der Waals surface area contributed by atoms with Gasteiger partial charge in [-0.3, -0.25) is 14.6 Å². The summed E-state index contributed by atoms with van der Waals surface area (Å²) in [4.78, 5) is 30.8. The van der Waals surface area contributed by atoms with Gasteiger partial charge in [0.1, 0.15) is 12.4 Å².